The predicted molar refractivity (Wildman–Crippen MR) is 106 cm³/mol. The van der Waals surface area contributed by atoms with Crippen LogP contribution in [0.5, 0.6) is 0 Å². The highest BCUT2D eigenvalue weighted by Gasteiger charge is 2.33. The molecule has 29 heavy (non-hydrogen) atoms. The van der Waals surface area contributed by atoms with Crippen LogP contribution in [0.4, 0.5) is 23.2 Å². The van der Waals surface area contributed by atoms with E-state index in [1.807, 2.05) is 6.92 Å². The van der Waals surface area contributed by atoms with E-state index in [2.05, 4.69) is 10.3 Å². The summed E-state index contributed by atoms with van der Waals surface area (Å²) in [4.78, 5) is 17.0. The predicted octanol–water partition coefficient (Wildman–Crippen LogP) is 5.15. The molecular weight excluding hydrogens is 406 g/mol. The first-order chi connectivity index (χ1) is 13.6. The molecule has 154 valence electrons. The second-order valence-corrected chi connectivity index (χ2v) is 7.77. The van der Waals surface area contributed by atoms with Crippen LogP contribution >= 0.6 is 11.8 Å². The van der Waals surface area contributed by atoms with Crippen molar-refractivity contribution in [1.82, 2.24) is 0 Å². The van der Waals surface area contributed by atoms with Gasteiger partial charge in [-0.05, 0) is 54.8 Å². The molecule has 2 aromatic carbocycles. The summed E-state index contributed by atoms with van der Waals surface area (Å²) in [6.45, 7) is 1.95. The molecule has 1 atom stereocenters. The summed E-state index contributed by atoms with van der Waals surface area (Å²) >= 11 is 1.45. The first-order valence-electron chi connectivity index (χ1n) is 8.91. The second kappa shape index (κ2) is 8.06. The Hall–Kier alpha value is -2.55. The van der Waals surface area contributed by atoms with Gasteiger partial charge in [-0.1, -0.05) is 24.8 Å². The third-order valence-electron chi connectivity index (χ3n) is 4.90. The van der Waals surface area contributed by atoms with E-state index in [1.165, 1.54) is 23.9 Å². The Kier molecular flexibility index (Phi) is 5.88. The molecule has 0 radical (unpaired) electrons. The molecule has 4 nitrogen and oxygen atoms in total. The second-order valence-electron chi connectivity index (χ2n) is 6.66. The van der Waals surface area contributed by atoms with Gasteiger partial charge in [-0.15, -0.1) is 0 Å². The van der Waals surface area contributed by atoms with Crippen LogP contribution in [-0.2, 0) is 11.7 Å². The van der Waals surface area contributed by atoms with E-state index in [0.717, 1.165) is 30.0 Å². The summed E-state index contributed by atoms with van der Waals surface area (Å²) in [6, 6.07) is 8.08. The third kappa shape index (κ3) is 4.55. The Balaban J connectivity index is 1.87. The number of amides is 1. The van der Waals surface area contributed by atoms with E-state index in [-0.39, 0.29) is 11.3 Å². The number of nitrogens with two attached hydrogens (primary N) is 1. The van der Waals surface area contributed by atoms with E-state index in [4.69, 9.17) is 5.73 Å². The lowest BCUT2D eigenvalue weighted by atomic mass is 9.85. The zero-order chi connectivity index (χ0) is 21.2. The van der Waals surface area contributed by atoms with Crippen LogP contribution in [0.3, 0.4) is 0 Å². The van der Waals surface area contributed by atoms with Gasteiger partial charge in [0.1, 0.15) is 5.82 Å². The molecule has 0 aromatic heterocycles. The summed E-state index contributed by atoms with van der Waals surface area (Å²) < 4.78 is 52.3. The number of thioether (sulfide) groups is 1. The molecule has 1 unspecified atom stereocenters. The van der Waals surface area contributed by atoms with Gasteiger partial charge < -0.3 is 11.1 Å². The van der Waals surface area contributed by atoms with E-state index < -0.39 is 29.0 Å². The van der Waals surface area contributed by atoms with Gasteiger partial charge in [-0.2, -0.15) is 13.2 Å². The Labute approximate surface area is 169 Å². The summed E-state index contributed by atoms with van der Waals surface area (Å²) in [7, 11) is 0. The fourth-order valence-corrected chi connectivity index (χ4v) is 4.10. The molecule has 0 saturated heterocycles. The van der Waals surface area contributed by atoms with E-state index in [9.17, 15) is 22.4 Å². The lowest BCUT2D eigenvalue weighted by molar-refractivity contribution is -0.137. The number of halogens is 4. The largest absolute Gasteiger partial charge is 0.416 e. The number of nitrogens with zero attached hydrogens (tertiary/aromatic N) is 1. The van der Waals surface area contributed by atoms with Gasteiger partial charge in [0.05, 0.1) is 16.8 Å². The smallest absolute Gasteiger partial charge is 0.379 e. The van der Waals surface area contributed by atoms with Crippen LogP contribution in [0.1, 0.15) is 41.3 Å². The van der Waals surface area contributed by atoms with Crippen LogP contribution in [-0.4, -0.2) is 16.8 Å². The maximum Gasteiger partial charge on any atom is 0.416 e. The van der Waals surface area contributed by atoms with Gasteiger partial charge in [-0.3, -0.25) is 9.79 Å². The van der Waals surface area contributed by atoms with Crippen molar-refractivity contribution < 1.29 is 22.4 Å². The molecule has 1 heterocycles. The minimum Gasteiger partial charge on any atom is -0.379 e. The number of amidine groups is 1. The monoisotopic (exact) mass is 425 g/mol. The lowest BCUT2D eigenvalue weighted by Crippen LogP contribution is -2.31. The summed E-state index contributed by atoms with van der Waals surface area (Å²) in [5.41, 5.74) is 5.06. The molecule has 3 N–H and O–H groups in total. The number of carbonyl (C=O) groups excluding carboxylic acids is 1. The summed E-state index contributed by atoms with van der Waals surface area (Å²) in [6.07, 6.45) is -3.14. The van der Waals surface area contributed by atoms with Crippen LogP contribution < -0.4 is 11.1 Å². The maximum absolute atomic E-state index is 14.3. The number of hydrogen-bond acceptors (Lipinski definition) is 4. The van der Waals surface area contributed by atoms with Crippen molar-refractivity contribution in [2.45, 2.75) is 31.5 Å². The molecule has 1 aliphatic rings. The molecule has 1 amide bonds. The number of hydrogen-bond donors (Lipinski definition) is 2. The van der Waals surface area contributed by atoms with Gasteiger partial charge in [0, 0.05) is 11.3 Å². The molecule has 9 heteroatoms. The number of nitrogens with one attached hydrogen (secondary N) is 1. The Morgan fingerprint density at radius 2 is 1.93 bits per heavy atom. The Bertz CT molecular complexity index is 944. The van der Waals surface area contributed by atoms with Crippen molar-refractivity contribution in [3.63, 3.8) is 0 Å². The summed E-state index contributed by atoms with van der Waals surface area (Å²) in [5.74, 6) is -0.585. The van der Waals surface area contributed by atoms with Gasteiger partial charge >= 0.3 is 6.18 Å². The van der Waals surface area contributed by atoms with E-state index in [0.29, 0.717) is 23.6 Å². The quantitative estimate of drug-likeness (QED) is 0.666. The van der Waals surface area contributed by atoms with Crippen LogP contribution in [0, 0.1) is 5.82 Å². The average Bonchev–Trinajstić information content (AvgIpc) is 2.69. The Morgan fingerprint density at radius 3 is 2.52 bits per heavy atom. The number of aliphatic imine (C=N–C) groups is 1. The first kappa shape index (κ1) is 21.2. The molecule has 0 fully saturated rings. The maximum atomic E-state index is 14.3. The lowest BCUT2D eigenvalue weighted by Gasteiger charge is -2.33. The molecule has 2 aromatic rings. The van der Waals surface area contributed by atoms with E-state index in [1.54, 1.807) is 6.07 Å². The third-order valence-corrected chi connectivity index (χ3v) is 5.70. The zero-order valence-electron chi connectivity index (χ0n) is 15.5. The molecular formula is C20H19F4N3OS. The molecule has 3 rings (SSSR count). The van der Waals surface area contributed by atoms with Crippen LogP contribution in [0.25, 0.3) is 0 Å². The van der Waals surface area contributed by atoms with Gasteiger partial charge in [0.25, 0.3) is 5.91 Å². The fourth-order valence-electron chi connectivity index (χ4n) is 3.21. The fraction of sp³-hybridized carbons (Fsp3) is 0.300. The number of carbonyl (C=O) groups is 1. The minimum atomic E-state index is -4.50. The topological polar surface area (TPSA) is 67.5 Å². The zero-order valence-corrected chi connectivity index (χ0v) is 16.3. The van der Waals surface area contributed by atoms with Crippen molar-refractivity contribution in [1.29, 1.82) is 0 Å². The van der Waals surface area contributed by atoms with Crippen molar-refractivity contribution in [3.05, 3.63) is 65.0 Å². The normalized spacial score (nSPS) is 19.6. The van der Waals surface area contributed by atoms with Crippen molar-refractivity contribution >= 4 is 28.5 Å². The average molecular weight is 425 g/mol. The number of anilines is 1. The van der Waals surface area contributed by atoms with Gasteiger partial charge in [0.15, 0.2) is 5.17 Å². The number of alkyl halides is 3. The van der Waals surface area contributed by atoms with E-state index >= 15 is 0 Å². The summed E-state index contributed by atoms with van der Waals surface area (Å²) in [5, 5.41) is 2.89. The molecule has 0 spiro atoms. The molecule has 0 saturated carbocycles. The van der Waals surface area contributed by atoms with Gasteiger partial charge in [-0.25, -0.2) is 4.39 Å². The molecule has 0 aliphatic carbocycles. The highest BCUT2D eigenvalue weighted by atomic mass is 32.2. The number of rotatable bonds is 4. The van der Waals surface area contributed by atoms with Crippen molar-refractivity contribution in [3.8, 4) is 0 Å². The molecule has 0 bridgehead atoms. The highest BCUT2D eigenvalue weighted by molar-refractivity contribution is 8.13. The number of benzene rings is 2. The standard InChI is InChI=1S/C20H19F4N3OS/c1-2-19(9-10-29-18(25)27-19)14-7-8-15(21)16(11-14)26-17(28)12-3-5-13(6-4-12)20(22,23)24/h3-8,11H,2,9-10H2,1H3,(H2,25,27)(H,26,28). The first-order valence-corrected chi connectivity index (χ1v) is 9.90. The van der Waals surface area contributed by atoms with Crippen LogP contribution in [0.15, 0.2) is 47.5 Å². The molecule has 1 aliphatic heterocycles. The minimum absolute atomic E-state index is 0.00987. The highest BCUT2D eigenvalue weighted by Crippen LogP contribution is 2.39. The van der Waals surface area contributed by atoms with Crippen molar-refractivity contribution in [2.24, 2.45) is 10.7 Å². The van der Waals surface area contributed by atoms with Gasteiger partial charge in [0.2, 0.25) is 0 Å². The Morgan fingerprint density at radius 1 is 1.24 bits per heavy atom. The van der Waals surface area contributed by atoms with Crippen molar-refractivity contribution in [2.75, 3.05) is 11.1 Å². The SMILES string of the molecule is CCC1(c2ccc(F)c(NC(=O)c3ccc(C(F)(F)F)cc3)c2)CCSC(N)=N1. The van der Waals surface area contributed by atoms with Crippen LogP contribution in [0.2, 0.25) is 0 Å².